The van der Waals surface area contributed by atoms with Crippen LogP contribution in [0.25, 0.3) is 0 Å². The quantitative estimate of drug-likeness (QED) is 0.677. The number of aliphatic imine (C=N–C) groups is 1. The molecule has 2 N–H and O–H groups in total. The van der Waals surface area contributed by atoms with Crippen LogP contribution in [0.5, 0.6) is 0 Å². The van der Waals surface area contributed by atoms with Gasteiger partial charge in [-0.3, -0.25) is 4.99 Å². The number of aromatic nitrogens is 1. The van der Waals surface area contributed by atoms with Crippen LogP contribution in [0.3, 0.4) is 0 Å². The summed E-state index contributed by atoms with van der Waals surface area (Å²) >= 11 is 0. The van der Waals surface area contributed by atoms with Crippen LogP contribution in [0.15, 0.2) is 56.8 Å². The molecule has 0 bridgehead atoms. The van der Waals surface area contributed by atoms with Gasteiger partial charge in [0.2, 0.25) is 0 Å². The molecule has 0 fully saturated rings. The smallest absolute Gasteiger partial charge is 0.148 e. The SMILES string of the molecule is NC(=NCC1=CC2=C(CC=C1)CCCC2)c1ccon1. The van der Waals surface area contributed by atoms with Crippen LogP contribution >= 0.6 is 0 Å². The first-order valence-corrected chi connectivity index (χ1v) is 7.11. The summed E-state index contributed by atoms with van der Waals surface area (Å²) < 4.78 is 4.77. The summed E-state index contributed by atoms with van der Waals surface area (Å²) in [5.74, 6) is 0.426. The Hall–Kier alpha value is -2.10. The van der Waals surface area contributed by atoms with Gasteiger partial charge in [0.1, 0.15) is 17.8 Å². The number of nitrogens with zero attached hydrogens (tertiary/aromatic N) is 2. The number of allylic oxidation sites excluding steroid dienone is 4. The highest BCUT2D eigenvalue weighted by Gasteiger charge is 2.12. The first-order chi connectivity index (χ1) is 9.83. The van der Waals surface area contributed by atoms with Crippen LogP contribution in [-0.2, 0) is 0 Å². The van der Waals surface area contributed by atoms with Crippen LogP contribution in [0, 0.1) is 0 Å². The maximum atomic E-state index is 5.89. The van der Waals surface area contributed by atoms with E-state index in [2.05, 4.69) is 28.4 Å². The lowest BCUT2D eigenvalue weighted by molar-refractivity contribution is 0.418. The number of amidine groups is 1. The lowest BCUT2D eigenvalue weighted by Crippen LogP contribution is -2.14. The molecule has 0 amide bonds. The van der Waals surface area contributed by atoms with E-state index >= 15 is 0 Å². The van der Waals surface area contributed by atoms with Crippen molar-refractivity contribution in [2.45, 2.75) is 32.1 Å². The van der Waals surface area contributed by atoms with Crippen molar-refractivity contribution in [2.24, 2.45) is 10.7 Å². The summed E-state index contributed by atoms with van der Waals surface area (Å²) in [5, 5.41) is 3.79. The van der Waals surface area contributed by atoms with Crippen LogP contribution in [-0.4, -0.2) is 17.5 Å². The molecule has 0 spiro atoms. The third-order valence-corrected chi connectivity index (χ3v) is 3.82. The molecule has 0 atom stereocenters. The molecular weight excluding hydrogens is 250 g/mol. The fourth-order valence-corrected chi connectivity index (χ4v) is 2.72. The molecule has 0 aromatic carbocycles. The summed E-state index contributed by atoms with van der Waals surface area (Å²) in [6.07, 6.45) is 14.3. The van der Waals surface area contributed by atoms with E-state index < -0.39 is 0 Å². The van der Waals surface area contributed by atoms with E-state index in [0.717, 1.165) is 6.42 Å². The standard InChI is InChI=1S/C16H19N3O/c17-16(15-8-9-20-19-15)18-11-12-4-3-7-13-5-1-2-6-14(13)10-12/h3-4,8-10H,1-2,5-7,11H2,(H2,17,18). The largest absolute Gasteiger partial charge is 0.382 e. The predicted octanol–water partition coefficient (Wildman–Crippen LogP) is 3.14. The minimum atomic E-state index is 0.426. The van der Waals surface area contributed by atoms with E-state index in [9.17, 15) is 0 Å². The molecule has 0 radical (unpaired) electrons. The number of hydrogen-bond acceptors (Lipinski definition) is 3. The van der Waals surface area contributed by atoms with Gasteiger partial charge in [-0.2, -0.15) is 0 Å². The number of rotatable bonds is 3. The van der Waals surface area contributed by atoms with E-state index in [1.807, 2.05) is 0 Å². The van der Waals surface area contributed by atoms with Crippen molar-refractivity contribution in [3.8, 4) is 0 Å². The second-order valence-electron chi connectivity index (χ2n) is 5.25. The van der Waals surface area contributed by atoms with Crippen molar-refractivity contribution in [2.75, 3.05) is 6.54 Å². The minimum absolute atomic E-state index is 0.426. The summed E-state index contributed by atoms with van der Waals surface area (Å²) in [6.45, 7) is 0.589. The van der Waals surface area contributed by atoms with Crippen molar-refractivity contribution in [1.82, 2.24) is 5.16 Å². The van der Waals surface area contributed by atoms with Gasteiger partial charge in [-0.15, -0.1) is 0 Å². The molecule has 20 heavy (non-hydrogen) atoms. The molecule has 104 valence electrons. The van der Waals surface area contributed by atoms with Crippen molar-refractivity contribution in [1.29, 1.82) is 0 Å². The fourth-order valence-electron chi connectivity index (χ4n) is 2.72. The van der Waals surface area contributed by atoms with Crippen molar-refractivity contribution >= 4 is 5.84 Å². The van der Waals surface area contributed by atoms with E-state index in [0.29, 0.717) is 18.1 Å². The third-order valence-electron chi connectivity index (χ3n) is 3.82. The highest BCUT2D eigenvalue weighted by Crippen LogP contribution is 2.30. The fraction of sp³-hybridized carbons (Fsp3) is 0.375. The normalized spacial score (nSPS) is 19.6. The maximum absolute atomic E-state index is 5.89. The Bertz CT molecular complexity index is 591. The molecule has 2 aliphatic rings. The Morgan fingerprint density at radius 2 is 2.25 bits per heavy atom. The Labute approximate surface area is 118 Å². The van der Waals surface area contributed by atoms with Gasteiger partial charge < -0.3 is 10.3 Å². The third kappa shape index (κ3) is 2.90. The lowest BCUT2D eigenvalue weighted by Gasteiger charge is -2.16. The van der Waals surface area contributed by atoms with Gasteiger partial charge in [-0.25, -0.2) is 0 Å². The number of nitrogens with two attached hydrogens (primary N) is 1. The monoisotopic (exact) mass is 269 g/mol. The predicted molar refractivity (Wildman–Crippen MR) is 79.4 cm³/mol. The highest BCUT2D eigenvalue weighted by atomic mass is 16.5. The summed E-state index contributed by atoms with van der Waals surface area (Å²) in [5.41, 5.74) is 10.8. The first-order valence-electron chi connectivity index (χ1n) is 7.11. The summed E-state index contributed by atoms with van der Waals surface area (Å²) in [7, 11) is 0. The van der Waals surface area contributed by atoms with Crippen molar-refractivity contribution in [3.05, 3.63) is 53.0 Å². The summed E-state index contributed by atoms with van der Waals surface area (Å²) in [4.78, 5) is 4.40. The van der Waals surface area contributed by atoms with Crippen LogP contribution in [0.1, 0.15) is 37.8 Å². The molecule has 1 aromatic heterocycles. The van der Waals surface area contributed by atoms with Crippen molar-refractivity contribution in [3.63, 3.8) is 0 Å². The van der Waals surface area contributed by atoms with E-state index in [1.165, 1.54) is 43.1 Å². The summed E-state index contributed by atoms with van der Waals surface area (Å²) in [6, 6.07) is 1.72. The van der Waals surface area contributed by atoms with Gasteiger partial charge in [0, 0.05) is 6.07 Å². The Kier molecular flexibility index (Phi) is 3.81. The molecule has 0 saturated carbocycles. The zero-order valence-electron chi connectivity index (χ0n) is 11.5. The Morgan fingerprint density at radius 3 is 3.10 bits per heavy atom. The zero-order valence-corrected chi connectivity index (χ0v) is 11.5. The molecule has 4 nitrogen and oxygen atoms in total. The lowest BCUT2D eigenvalue weighted by atomic mass is 9.90. The van der Waals surface area contributed by atoms with Crippen LogP contribution < -0.4 is 5.73 Å². The highest BCUT2D eigenvalue weighted by molar-refractivity contribution is 5.95. The second kappa shape index (κ2) is 5.90. The average Bonchev–Trinajstić information content (AvgIpc) is 2.92. The van der Waals surface area contributed by atoms with Gasteiger partial charge in [-0.05, 0) is 43.3 Å². The molecule has 2 aliphatic carbocycles. The van der Waals surface area contributed by atoms with Gasteiger partial charge in [0.05, 0.1) is 6.54 Å². The molecule has 1 aromatic rings. The van der Waals surface area contributed by atoms with Gasteiger partial charge in [0.25, 0.3) is 0 Å². The van der Waals surface area contributed by atoms with Crippen LogP contribution in [0.2, 0.25) is 0 Å². The van der Waals surface area contributed by atoms with Crippen molar-refractivity contribution < 1.29 is 4.52 Å². The number of hydrogen-bond donors (Lipinski definition) is 1. The topological polar surface area (TPSA) is 64.4 Å². The van der Waals surface area contributed by atoms with Gasteiger partial charge in [-0.1, -0.05) is 29.0 Å². The van der Waals surface area contributed by atoms with E-state index in [1.54, 1.807) is 11.6 Å². The molecule has 1 heterocycles. The zero-order chi connectivity index (χ0) is 13.8. The molecular formula is C16H19N3O. The second-order valence-corrected chi connectivity index (χ2v) is 5.25. The minimum Gasteiger partial charge on any atom is -0.382 e. The Morgan fingerprint density at radius 1 is 1.35 bits per heavy atom. The molecule has 0 unspecified atom stereocenters. The molecule has 3 rings (SSSR count). The van der Waals surface area contributed by atoms with E-state index in [-0.39, 0.29) is 0 Å². The van der Waals surface area contributed by atoms with Gasteiger partial charge in [0.15, 0.2) is 0 Å². The van der Waals surface area contributed by atoms with E-state index in [4.69, 9.17) is 10.3 Å². The van der Waals surface area contributed by atoms with Crippen LogP contribution in [0.4, 0.5) is 0 Å². The first kappa shape index (κ1) is 12.9. The maximum Gasteiger partial charge on any atom is 0.148 e. The average molecular weight is 269 g/mol. The molecule has 4 heteroatoms. The molecule has 0 aliphatic heterocycles. The Balaban J connectivity index is 1.75. The van der Waals surface area contributed by atoms with Gasteiger partial charge >= 0.3 is 0 Å². The molecule has 0 saturated heterocycles.